The van der Waals surface area contributed by atoms with E-state index in [1.165, 1.54) is 0 Å². The van der Waals surface area contributed by atoms with Crippen LogP contribution in [0.15, 0.2) is 59.1 Å². The van der Waals surface area contributed by atoms with Gasteiger partial charge in [0.1, 0.15) is 5.82 Å². The minimum absolute atomic E-state index is 0.345. The molecule has 10 nitrogen and oxygen atoms in total. The molecule has 1 aliphatic rings. The Labute approximate surface area is 230 Å². The molecule has 3 aromatic heterocycles. The number of anilines is 3. The van der Waals surface area contributed by atoms with E-state index in [1.807, 2.05) is 54.5 Å². The zero-order chi connectivity index (χ0) is 27.8. The molecule has 0 bridgehead atoms. The summed E-state index contributed by atoms with van der Waals surface area (Å²) < 4.78 is 38.5. The van der Waals surface area contributed by atoms with Crippen molar-refractivity contribution in [2.24, 2.45) is 4.36 Å². The van der Waals surface area contributed by atoms with E-state index in [-0.39, 0.29) is 0 Å². The van der Waals surface area contributed by atoms with Gasteiger partial charge in [0.05, 0.1) is 0 Å². The monoisotopic (exact) mass is 566 g/mol. The van der Waals surface area contributed by atoms with Crippen LogP contribution in [-0.2, 0) is 19.5 Å². The highest BCUT2D eigenvalue weighted by Crippen LogP contribution is 2.43. The van der Waals surface area contributed by atoms with Crippen molar-refractivity contribution in [2.75, 3.05) is 47.8 Å². The Hall–Kier alpha value is -3.51. The van der Waals surface area contributed by atoms with Crippen molar-refractivity contribution in [3.05, 3.63) is 60.4 Å². The Morgan fingerprint density at radius 1 is 1.13 bits per heavy atom. The molecule has 0 saturated heterocycles. The average Bonchev–Trinajstić information content (AvgIpc) is 3.67. The lowest BCUT2D eigenvalue weighted by Gasteiger charge is -2.20. The van der Waals surface area contributed by atoms with Gasteiger partial charge in [0.25, 0.3) is 0 Å². The maximum absolute atomic E-state index is 12.2. The summed E-state index contributed by atoms with van der Waals surface area (Å²) >= 11 is 0. The molecule has 2 N–H and O–H groups in total. The molecule has 4 aromatic rings. The molecule has 5 rings (SSSR count). The third-order valence-electron chi connectivity index (χ3n) is 6.61. The van der Waals surface area contributed by atoms with E-state index in [4.69, 9.17) is 14.7 Å². The van der Waals surface area contributed by atoms with Gasteiger partial charge in [-0.05, 0) is 61.2 Å². The lowest BCUT2D eigenvalue weighted by atomic mass is 10.2. The molecule has 39 heavy (non-hydrogen) atoms. The Kier molecular flexibility index (Phi) is 7.34. The topological polar surface area (TPSA) is 129 Å². The van der Waals surface area contributed by atoms with E-state index in [2.05, 4.69) is 25.3 Å². The van der Waals surface area contributed by atoms with Gasteiger partial charge in [0.15, 0.2) is 11.5 Å². The molecule has 1 saturated carbocycles. The highest BCUT2D eigenvalue weighted by atomic mass is 32.2. The molecule has 1 fully saturated rings. The second-order valence-corrected chi connectivity index (χ2v) is 15.3. The zero-order valence-corrected chi connectivity index (χ0v) is 24.3. The first-order valence-electron chi connectivity index (χ1n) is 12.9. The van der Waals surface area contributed by atoms with Gasteiger partial charge in [-0.25, -0.2) is 18.4 Å². The normalized spacial score (nSPS) is 15.2. The summed E-state index contributed by atoms with van der Waals surface area (Å²) in [5, 5.41) is 4.22. The van der Waals surface area contributed by atoms with Crippen LogP contribution in [0.2, 0.25) is 0 Å². The molecule has 0 amide bonds. The molecule has 1 aliphatic carbocycles. The van der Waals surface area contributed by atoms with Crippen LogP contribution in [0.3, 0.4) is 0 Å². The van der Waals surface area contributed by atoms with Crippen molar-refractivity contribution < 1.29 is 8.42 Å². The van der Waals surface area contributed by atoms with Crippen molar-refractivity contribution >= 4 is 53.6 Å². The van der Waals surface area contributed by atoms with Gasteiger partial charge in [0.2, 0.25) is 5.95 Å². The Morgan fingerprint density at radius 3 is 2.54 bits per heavy atom. The van der Waals surface area contributed by atoms with Crippen molar-refractivity contribution in [3.63, 3.8) is 0 Å². The molecule has 1 unspecified atom stereocenters. The van der Waals surface area contributed by atoms with Crippen LogP contribution in [0.25, 0.3) is 16.9 Å². The summed E-state index contributed by atoms with van der Waals surface area (Å²) in [7, 11) is -2.92. The van der Waals surface area contributed by atoms with Gasteiger partial charge < -0.3 is 10.2 Å². The third kappa shape index (κ3) is 6.56. The van der Waals surface area contributed by atoms with Gasteiger partial charge in [0, 0.05) is 85.7 Å². The number of hydrogen-bond donors (Lipinski definition) is 2. The first-order chi connectivity index (χ1) is 18.5. The number of nitrogens with one attached hydrogen (secondary N) is 2. The lowest BCUT2D eigenvalue weighted by Crippen LogP contribution is -2.25. The predicted octanol–water partition coefficient (Wildman–Crippen LogP) is 5.30. The molecular formula is C27H34N8O2S2. The molecule has 1 atom stereocenters. The summed E-state index contributed by atoms with van der Waals surface area (Å²) in [4.78, 5) is 16.1. The first kappa shape index (κ1) is 27.1. The molecule has 3 heterocycles. The van der Waals surface area contributed by atoms with Crippen molar-refractivity contribution in [1.82, 2.24) is 19.5 Å². The van der Waals surface area contributed by atoms with Gasteiger partial charge in [-0.1, -0.05) is 13.0 Å². The lowest BCUT2D eigenvalue weighted by molar-refractivity contribution is 0.674. The summed E-state index contributed by atoms with van der Waals surface area (Å²) in [6.45, 7) is 2.35. The Bertz CT molecular complexity index is 1730. The molecule has 0 spiro atoms. The number of benzene rings is 1. The summed E-state index contributed by atoms with van der Waals surface area (Å²) in [5.41, 5.74) is 3.70. The minimum Gasteiger partial charge on any atom is -0.374 e. The number of fused-ring (bicyclic) bond motifs is 1. The fraction of sp³-hybridized carbons (Fsp3) is 0.370. The van der Waals surface area contributed by atoms with Crippen LogP contribution in [0.4, 0.5) is 23.1 Å². The summed E-state index contributed by atoms with van der Waals surface area (Å²) in [6.07, 6.45) is 7.25. The van der Waals surface area contributed by atoms with Crippen LogP contribution in [0.1, 0.15) is 31.4 Å². The van der Waals surface area contributed by atoms with Crippen LogP contribution >= 0.6 is 0 Å². The quantitative estimate of drug-likeness (QED) is 0.266. The molecule has 12 heteroatoms. The van der Waals surface area contributed by atoms with E-state index in [0.717, 1.165) is 40.9 Å². The van der Waals surface area contributed by atoms with Crippen LogP contribution in [-0.4, -0.2) is 65.5 Å². The van der Waals surface area contributed by atoms with Crippen molar-refractivity contribution in [2.45, 2.75) is 25.7 Å². The minimum atomic E-state index is -2.52. The number of rotatable bonds is 10. The smallest absolute Gasteiger partial charge is 0.229 e. The van der Waals surface area contributed by atoms with E-state index in [0.29, 0.717) is 41.6 Å². The largest absolute Gasteiger partial charge is 0.374 e. The highest BCUT2D eigenvalue weighted by Gasteiger charge is 2.29. The van der Waals surface area contributed by atoms with Crippen LogP contribution in [0.5, 0.6) is 0 Å². The second kappa shape index (κ2) is 10.6. The Morgan fingerprint density at radius 2 is 1.87 bits per heavy atom. The zero-order valence-electron chi connectivity index (χ0n) is 22.6. The fourth-order valence-corrected chi connectivity index (χ4v) is 5.70. The first-order valence-corrected chi connectivity index (χ1v) is 17.1. The second-order valence-electron chi connectivity index (χ2n) is 10.2. The third-order valence-corrected chi connectivity index (χ3v) is 9.02. The molecular weight excluding hydrogens is 532 g/mol. The molecule has 0 aliphatic heterocycles. The van der Waals surface area contributed by atoms with Crippen LogP contribution < -0.4 is 10.2 Å². The average molecular weight is 567 g/mol. The van der Waals surface area contributed by atoms with E-state index < -0.39 is 19.5 Å². The van der Waals surface area contributed by atoms with Gasteiger partial charge in [-0.3, -0.25) is 9.35 Å². The Balaban J connectivity index is 1.42. The SMILES string of the molecule is CCS(=N)(=O)CCN(C)c1ccc(Nc2ncc3cc(C4CC4)n(-c4cccc(N=S(C)(C)=O)n4)c3n2)cc1. The number of nitrogens with zero attached hydrogens (tertiary/aromatic N) is 6. The van der Waals surface area contributed by atoms with Gasteiger partial charge in [-0.15, -0.1) is 0 Å². The maximum Gasteiger partial charge on any atom is 0.229 e. The van der Waals surface area contributed by atoms with E-state index in [9.17, 15) is 8.42 Å². The van der Waals surface area contributed by atoms with Crippen LogP contribution in [0, 0.1) is 4.78 Å². The molecule has 206 valence electrons. The highest BCUT2D eigenvalue weighted by molar-refractivity contribution is 7.92. The van der Waals surface area contributed by atoms with Crippen molar-refractivity contribution in [3.8, 4) is 5.82 Å². The van der Waals surface area contributed by atoms with E-state index in [1.54, 1.807) is 25.5 Å². The van der Waals surface area contributed by atoms with E-state index >= 15 is 0 Å². The fourth-order valence-electron chi connectivity index (χ4n) is 4.29. The molecule has 1 aromatic carbocycles. The van der Waals surface area contributed by atoms with Gasteiger partial charge in [-0.2, -0.15) is 9.35 Å². The standard InChI is InChI=1S/C27H34N8O2S2/c1-5-39(28,37)16-15-34(2)22-13-11-21(12-14-22)30-27-29-18-20-17-23(19-9-10-19)35(26(20)32-27)25-8-6-7-24(31-25)33-38(3,4)36/h6-8,11-14,17-19,28H,5,9-10,15-16H2,1-4H3,(H,29,30,32). The molecule has 0 radical (unpaired) electrons. The van der Waals surface area contributed by atoms with Crippen molar-refractivity contribution in [1.29, 1.82) is 4.78 Å². The summed E-state index contributed by atoms with van der Waals surface area (Å²) in [5.74, 6) is 2.75. The number of pyridine rings is 1. The predicted molar refractivity (Wildman–Crippen MR) is 160 cm³/mol. The summed E-state index contributed by atoms with van der Waals surface area (Å²) in [6, 6.07) is 15.5. The maximum atomic E-state index is 12.2. The number of hydrogen-bond acceptors (Lipinski definition) is 9. The van der Waals surface area contributed by atoms with Gasteiger partial charge >= 0.3 is 0 Å². The number of aromatic nitrogens is 4.